The fourth-order valence-electron chi connectivity index (χ4n) is 15.4. The Bertz CT molecular complexity index is 3490. The largest absolute Gasteiger partial charge is 0.310 e. The lowest BCUT2D eigenvalue weighted by Gasteiger charge is -2.63. The molecule has 9 aromatic rings. The van der Waals surface area contributed by atoms with Crippen molar-refractivity contribution in [3.05, 3.63) is 227 Å². The average molecular weight is 978 g/mol. The summed E-state index contributed by atoms with van der Waals surface area (Å²) in [5.41, 5.74) is 24.4. The van der Waals surface area contributed by atoms with Gasteiger partial charge in [-0.15, -0.1) is 0 Å². The van der Waals surface area contributed by atoms with Gasteiger partial charge in [0.1, 0.15) is 0 Å². The zero-order chi connectivity index (χ0) is 50.3. The monoisotopic (exact) mass is 978 g/mol. The van der Waals surface area contributed by atoms with Gasteiger partial charge in [0.25, 0.3) is 0 Å². The average Bonchev–Trinajstić information content (AvgIpc) is 3.75. The molecule has 0 aliphatic heterocycles. The summed E-state index contributed by atoms with van der Waals surface area (Å²) >= 11 is 0. The molecule has 4 bridgehead atoms. The number of aromatic nitrogens is 1. The Morgan fingerprint density at radius 1 is 0.467 bits per heavy atom. The van der Waals surface area contributed by atoms with Gasteiger partial charge in [0.15, 0.2) is 0 Å². The zero-order valence-corrected chi connectivity index (χ0v) is 44.3. The molecule has 3 nitrogen and oxygen atoms in total. The van der Waals surface area contributed by atoms with E-state index >= 15 is 0 Å². The molecule has 8 aromatic carbocycles. The quantitative estimate of drug-likeness (QED) is 0.0956. The lowest BCUT2D eigenvalue weighted by molar-refractivity contribution is -0.0281. The highest BCUT2D eigenvalue weighted by molar-refractivity contribution is 6.12. The molecule has 0 saturated heterocycles. The molecule has 75 heavy (non-hydrogen) atoms. The van der Waals surface area contributed by atoms with Gasteiger partial charge in [-0.2, -0.15) is 0 Å². The summed E-state index contributed by atoms with van der Waals surface area (Å²) in [6, 6.07) is 67.1. The molecule has 2 atom stereocenters. The summed E-state index contributed by atoms with van der Waals surface area (Å²) in [4.78, 5) is 5.01. The number of unbranched alkanes of at least 4 members (excludes halogenated alkanes) is 2. The van der Waals surface area contributed by atoms with Crippen LogP contribution in [0.4, 0.5) is 34.1 Å². The van der Waals surface area contributed by atoms with E-state index in [-0.39, 0.29) is 10.8 Å². The lowest BCUT2D eigenvalue weighted by Crippen LogP contribution is -2.55. The second-order valence-corrected chi connectivity index (χ2v) is 23.7. The molecule has 4 fully saturated rings. The minimum atomic E-state index is 0.219. The predicted octanol–water partition coefficient (Wildman–Crippen LogP) is 19.0. The molecule has 6 aliphatic rings. The van der Waals surface area contributed by atoms with Crippen molar-refractivity contribution in [3.8, 4) is 5.69 Å². The van der Waals surface area contributed by atoms with Crippen molar-refractivity contribution in [2.24, 2.45) is 11.8 Å². The third-order valence-electron chi connectivity index (χ3n) is 19.1. The van der Waals surface area contributed by atoms with Crippen molar-refractivity contribution in [1.29, 1.82) is 0 Å². The van der Waals surface area contributed by atoms with Gasteiger partial charge in [0, 0.05) is 50.6 Å². The van der Waals surface area contributed by atoms with Crippen molar-refractivity contribution in [2.75, 3.05) is 9.80 Å². The second-order valence-electron chi connectivity index (χ2n) is 23.7. The number of fused-ring (bicyclic) bond motifs is 5. The predicted molar refractivity (Wildman–Crippen MR) is 317 cm³/mol. The van der Waals surface area contributed by atoms with Gasteiger partial charge >= 0.3 is 0 Å². The molecular formula is C72H71N3. The van der Waals surface area contributed by atoms with E-state index in [1.54, 1.807) is 11.1 Å². The van der Waals surface area contributed by atoms with Gasteiger partial charge in [-0.25, -0.2) is 0 Å². The molecule has 3 heteroatoms. The Morgan fingerprint density at radius 2 is 0.880 bits per heavy atom. The van der Waals surface area contributed by atoms with Crippen LogP contribution >= 0.6 is 0 Å². The number of aryl methyl sites for hydroxylation is 6. The molecule has 2 unspecified atom stereocenters. The zero-order valence-electron chi connectivity index (χ0n) is 44.3. The van der Waals surface area contributed by atoms with Crippen LogP contribution in [0.3, 0.4) is 0 Å². The summed E-state index contributed by atoms with van der Waals surface area (Å²) in [6.45, 7) is 8.62. The van der Waals surface area contributed by atoms with Crippen LogP contribution in [0.15, 0.2) is 176 Å². The standard InChI is InChI=1S/C72H71N3/c1-4-7-9-50-13-27-60(28-14-50)73(61-29-15-51(16-30-61)10-8-5-2)65-35-37-69-67(42-65)68-43-66(74(63-31-21-54-17-19-56(54)40-63)64-32-22-55-18-20-57(55)41-64)36-38-70(68)75(69)62-33-25-59(26-34-62)72-46-52-39-53(47-72)45-71(44-52,48-72)58-23-11-49(6-3)12-24-58/h6,11-16,21-38,40-43,52-53H,3-5,7-10,17-20,39,44-48H2,1-2H3. The highest BCUT2D eigenvalue weighted by Gasteiger charge is 2.58. The Labute approximate surface area is 445 Å². The maximum atomic E-state index is 4.06. The Balaban J connectivity index is 0.914. The van der Waals surface area contributed by atoms with Crippen molar-refractivity contribution < 1.29 is 0 Å². The molecule has 1 heterocycles. The lowest BCUT2D eigenvalue weighted by atomic mass is 9.42. The van der Waals surface area contributed by atoms with E-state index in [1.165, 1.54) is 178 Å². The molecular weight excluding hydrogens is 907 g/mol. The maximum absolute atomic E-state index is 4.06. The normalized spacial score (nSPS) is 20.9. The number of hydrogen-bond acceptors (Lipinski definition) is 2. The highest BCUT2D eigenvalue weighted by atomic mass is 15.2. The Kier molecular flexibility index (Phi) is 11.5. The number of rotatable bonds is 16. The van der Waals surface area contributed by atoms with E-state index in [0.717, 1.165) is 37.5 Å². The van der Waals surface area contributed by atoms with Crippen LogP contribution in [0.5, 0.6) is 0 Å². The third-order valence-corrected chi connectivity index (χ3v) is 19.1. The molecule has 0 amide bonds. The van der Waals surface area contributed by atoms with Crippen LogP contribution in [-0.2, 0) is 49.4 Å². The van der Waals surface area contributed by atoms with Crippen LogP contribution in [-0.4, -0.2) is 4.57 Å². The Morgan fingerprint density at radius 3 is 1.31 bits per heavy atom. The number of anilines is 6. The van der Waals surface area contributed by atoms with Gasteiger partial charge in [-0.05, 0) is 260 Å². The van der Waals surface area contributed by atoms with E-state index in [1.807, 2.05) is 6.08 Å². The first-order valence-corrected chi connectivity index (χ1v) is 28.8. The summed E-state index contributed by atoms with van der Waals surface area (Å²) in [5.74, 6) is 1.59. The summed E-state index contributed by atoms with van der Waals surface area (Å²) in [5, 5.41) is 2.53. The maximum Gasteiger partial charge on any atom is 0.0542 e. The van der Waals surface area contributed by atoms with Crippen molar-refractivity contribution in [2.45, 2.75) is 127 Å². The summed E-state index contributed by atoms with van der Waals surface area (Å²) in [6.07, 6.45) is 21.7. The highest BCUT2D eigenvalue weighted by Crippen LogP contribution is 2.66. The van der Waals surface area contributed by atoms with Gasteiger partial charge in [-0.1, -0.05) is 112 Å². The molecule has 15 rings (SSSR count). The minimum absolute atomic E-state index is 0.219. The number of nitrogens with zero attached hydrogens (tertiary/aromatic N) is 3. The molecule has 1 aromatic heterocycles. The van der Waals surface area contributed by atoms with Crippen molar-refractivity contribution in [1.82, 2.24) is 4.57 Å². The fourth-order valence-corrected chi connectivity index (χ4v) is 15.4. The molecule has 374 valence electrons. The van der Waals surface area contributed by atoms with E-state index < -0.39 is 0 Å². The van der Waals surface area contributed by atoms with Gasteiger partial charge in [0.05, 0.1) is 11.0 Å². The van der Waals surface area contributed by atoms with Gasteiger partial charge in [0.2, 0.25) is 0 Å². The Hall–Kier alpha value is -7.10. The molecule has 0 radical (unpaired) electrons. The third kappa shape index (κ3) is 8.07. The van der Waals surface area contributed by atoms with Gasteiger partial charge < -0.3 is 14.4 Å². The van der Waals surface area contributed by atoms with Crippen molar-refractivity contribution in [3.63, 3.8) is 0 Å². The summed E-state index contributed by atoms with van der Waals surface area (Å²) < 4.78 is 2.56. The molecule has 4 saturated carbocycles. The first-order valence-electron chi connectivity index (χ1n) is 28.8. The van der Waals surface area contributed by atoms with Gasteiger partial charge in [-0.3, -0.25) is 0 Å². The molecule has 0 spiro atoms. The number of benzene rings is 8. The van der Waals surface area contributed by atoms with E-state index in [2.05, 4.69) is 205 Å². The van der Waals surface area contributed by atoms with E-state index in [9.17, 15) is 0 Å². The second kappa shape index (κ2) is 18.6. The molecule has 0 N–H and O–H groups in total. The molecule has 6 aliphatic carbocycles. The van der Waals surface area contributed by atoms with Crippen LogP contribution in [0.2, 0.25) is 0 Å². The van der Waals surface area contributed by atoms with E-state index in [0.29, 0.717) is 0 Å². The topological polar surface area (TPSA) is 11.4 Å². The fraction of sp³-hybridized carbons (Fsp3) is 0.306. The van der Waals surface area contributed by atoms with Crippen LogP contribution in [0.25, 0.3) is 33.6 Å². The van der Waals surface area contributed by atoms with Crippen molar-refractivity contribution >= 4 is 62.0 Å². The first-order chi connectivity index (χ1) is 36.9. The summed E-state index contributed by atoms with van der Waals surface area (Å²) in [7, 11) is 0. The van der Waals surface area contributed by atoms with E-state index in [4.69, 9.17) is 0 Å². The van der Waals surface area contributed by atoms with Crippen LogP contribution in [0.1, 0.15) is 128 Å². The van der Waals surface area contributed by atoms with Crippen LogP contribution in [0, 0.1) is 11.8 Å². The number of hydrogen-bond donors (Lipinski definition) is 0. The smallest absolute Gasteiger partial charge is 0.0542 e. The van der Waals surface area contributed by atoms with Crippen LogP contribution < -0.4 is 9.80 Å². The minimum Gasteiger partial charge on any atom is -0.310 e. The first kappa shape index (κ1) is 46.4. The SMILES string of the molecule is C=Cc1ccc(C23CC4CC(C2)CC(c2ccc(-n5c6ccc(N(c7ccc(CCCC)cc7)c7ccc(CCCC)cc7)cc6c6cc(N(c7ccc8c(c7)CC8)c7ccc8c(c7)CC8)ccc65)cc2)(C4)C3)cc1.